The van der Waals surface area contributed by atoms with Crippen molar-refractivity contribution in [2.75, 3.05) is 6.61 Å². The first-order valence-corrected chi connectivity index (χ1v) is 8.42. The van der Waals surface area contributed by atoms with E-state index in [4.69, 9.17) is 14.4 Å². The number of nitriles is 1. The molecule has 0 radical (unpaired) electrons. The van der Waals surface area contributed by atoms with Crippen LogP contribution in [0.2, 0.25) is 19.6 Å². The first kappa shape index (κ1) is 13.6. The molecule has 0 spiro atoms. The van der Waals surface area contributed by atoms with Crippen molar-refractivity contribution in [3.63, 3.8) is 0 Å². The smallest absolute Gasteiger partial charge is 0.184 e. The van der Waals surface area contributed by atoms with Crippen LogP contribution in [0.3, 0.4) is 0 Å². The Labute approximate surface area is 88.1 Å². The molecule has 0 aromatic carbocycles. The first-order valence-electron chi connectivity index (χ1n) is 5.01. The van der Waals surface area contributed by atoms with Gasteiger partial charge in [-0.3, -0.25) is 0 Å². The minimum Gasteiger partial charge on any atom is -0.411 e. The maximum absolute atomic E-state index is 8.63. The quantitative estimate of drug-likeness (QED) is 0.639. The summed E-state index contributed by atoms with van der Waals surface area (Å²) in [7, 11) is -1.56. The largest absolute Gasteiger partial charge is 0.411 e. The molecule has 0 saturated heterocycles. The highest BCUT2D eigenvalue weighted by Crippen LogP contribution is 2.10. The van der Waals surface area contributed by atoms with E-state index in [2.05, 4.69) is 25.7 Å². The van der Waals surface area contributed by atoms with Gasteiger partial charge in [0.15, 0.2) is 8.32 Å². The van der Waals surface area contributed by atoms with E-state index in [-0.39, 0.29) is 12.2 Å². The zero-order valence-corrected chi connectivity index (χ0v) is 10.8. The van der Waals surface area contributed by atoms with Gasteiger partial charge < -0.3 is 9.16 Å². The van der Waals surface area contributed by atoms with Crippen LogP contribution in [0, 0.1) is 11.3 Å². The van der Waals surface area contributed by atoms with Crippen molar-refractivity contribution in [2.45, 2.75) is 52.1 Å². The van der Waals surface area contributed by atoms with Crippen LogP contribution in [-0.2, 0) is 9.16 Å². The van der Waals surface area contributed by atoms with Crippen LogP contribution in [0.15, 0.2) is 0 Å². The normalized spacial score (nSPS) is 14.1. The van der Waals surface area contributed by atoms with E-state index in [0.717, 1.165) is 0 Å². The summed E-state index contributed by atoms with van der Waals surface area (Å²) in [6, 6.07) is 2.13. The molecule has 3 nitrogen and oxygen atoms in total. The number of ether oxygens (including phenoxy) is 1. The summed E-state index contributed by atoms with van der Waals surface area (Å²) in [5.41, 5.74) is 0. The van der Waals surface area contributed by atoms with Gasteiger partial charge in [0, 0.05) is 0 Å². The maximum Gasteiger partial charge on any atom is 0.184 e. The Balaban J connectivity index is 3.97. The summed E-state index contributed by atoms with van der Waals surface area (Å²) in [6.45, 7) is 10.8. The van der Waals surface area contributed by atoms with Gasteiger partial charge in [0.05, 0.1) is 31.3 Å². The fraction of sp³-hybridized carbons (Fsp3) is 0.900. The minimum absolute atomic E-state index is 0.0610. The highest BCUT2D eigenvalue weighted by atomic mass is 28.4. The molecule has 0 aliphatic rings. The first-order chi connectivity index (χ1) is 6.35. The molecule has 0 saturated carbocycles. The van der Waals surface area contributed by atoms with Crippen molar-refractivity contribution in [1.82, 2.24) is 0 Å². The van der Waals surface area contributed by atoms with E-state index < -0.39 is 8.32 Å². The molecule has 0 rings (SSSR count). The number of nitrogens with zero attached hydrogens (tertiary/aromatic N) is 1. The second kappa shape index (κ2) is 6.17. The van der Waals surface area contributed by atoms with E-state index in [1.807, 2.05) is 13.8 Å². The van der Waals surface area contributed by atoms with Crippen molar-refractivity contribution in [1.29, 1.82) is 5.26 Å². The van der Waals surface area contributed by atoms with Crippen LogP contribution in [0.4, 0.5) is 0 Å². The molecule has 0 aromatic rings. The van der Waals surface area contributed by atoms with Crippen LogP contribution >= 0.6 is 0 Å². The van der Waals surface area contributed by atoms with Crippen LogP contribution < -0.4 is 0 Å². The molecule has 0 aromatic heterocycles. The molecule has 0 amide bonds. The average Bonchev–Trinajstić information content (AvgIpc) is 1.98. The van der Waals surface area contributed by atoms with Gasteiger partial charge in [-0.25, -0.2) is 0 Å². The zero-order valence-electron chi connectivity index (χ0n) is 9.83. The van der Waals surface area contributed by atoms with Gasteiger partial charge >= 0.3 is 0 Å². The van der Waals surface area contributed by atoms with Gasteiger partial charge in [-0.2, -0.15) is 5.26 Å². The standard InChI is InChI=1S/C10H21NO2Si/c1-9(2)12-8-10(6-7-11)13-14(3,4)5/h9-10H,6,8H2,1-5H3. The molecular weight excluding hydrogens is 194 g/mol. The van der Waals surface area contributed by atoms with Gasteiger partial charge in [0.2, 0.25) is 0 Å². The SMILES string of the molecule is CC(C)OCC(CC#N)O[Si](C)(C)C. The van der Waals surface area contributed by atoms with E-state index in [9.17, 15) is 0 Å². The lowest BCUT2D eigenvalue weighted by Crippen LogP contribution is -2.35. The lowest BCUT2D eigenvalue weighted by atomic mass is 10.3. The molecule has 14 heavy (non-hydrogen) atoms. The highest BCUT2D eigenvalue weighted by molar-refractivity contribution is 6.69. The lowest BCUT2D eigenvalue weighted by Gasteiger charge is -2.25. The number of hydrogen-bond donors (Lipinski definition) is 0. The summed E-state index contributed by atoms with van der Waals surface area (Å²) in [6.07, 6.45) is 0.548. The zero-order chi connectivity index (χ0) is 11.2. The Morgan fingerprint density at radius 2 is 1.86 bits per heavy atom. The van der Waals surface area contributed by atoms with Crippen molar-refractivity contribution in [3.05, 3.63) is 0 Å². The molecule has 1 atom stereocenters. The Morgan fingerprint density at radius 1 is 1.29 bits per heavy atom. The monoisotopic (exact) mass is 215 g/mol. The number of rotatable bonds is 6. The van der Waals surface area contributed by atoms with Crippen LogP contribution in [0.1, 0.15) is 20.3 Å². The van der Waals surface area contributed by atoms with Crippen molar-refractivity contribution < 1.29 is 9.16 Å². The molecule has 0 aliphatic heterocycles. The highest BCUT2D eigenvalue weighted by Gasteiger charge is 2.21. The summed E-state index contributed by atoms with van der Waals surface area (Å²) in [5.74, 6) is 0. The molecule has 82 valence electrons. The third-order valence-corrected chi connectivity index (χ3v) is 2.50. The van der Waals surface area contributed by atoms with Crippen molar-refractivity contribution >= 4 is 8.32 Å². The number of hydrogen-bond acceptors (Lipinski definition) is 3. The van der Waals surface area contributed by atoms with Crippen molar-refractivity contribution in [2.24, 2.45) is 0 Å². The summed E-state index contributed by atoms with van der Waals surface area (Å²) in [4.78, 5) is 0. The van der Waals surface area contributed by atoms with E-state index >= 15 is 0 Å². The van der Waals surface area contributed by atoms with Crippen LogP contribution in [-0.4, -0.2) is 27.1 Å². The molecule has 1 unspecified atom stereocenters. The van der Waals surface area contributed by atoms with Gasteiger partial charge in [0.1, 0.15) is 0 Å². The van der Waals surface area contributed by atoms with E-state index in [1.165, 1.54) is 0 Å². The Bertz CT molecular complexity index is 193. The molecule has 0 bridgehead atoms. The predicted molar refractivity (Wildman–Crippen MR) is 59.5 cm³/mol. The second-order valence-corrected chi connectivity index (χ2v) is 9.06. The Hall–Kier alpha value is -0.373. The minimum atomic E-state index is -1.56. The van der Waals surface area contributed by atoms with E-state index in [1.54, 1.807) is 0 Å². The maximum atomic E-state index is 8.63. The van der Waals surface area contributed by atoms with Gasteiger partial charge in [-0.1, -0.05) is 0 Å². The third-order valence-electron chi connectivity index (χ3n) is 1.45. The van der Waals surface area contributed by atoms with Crippen LogP contribution in [0.5, 0.6) is 0 Å². The lowest BCUT2D eigenvalue weighted by molar-refractivity contribution is 0.0152. The summed E-state index contributed by atoms with van der Waals surface area (Å²) >= 11 is 0. The summed E-state index contributed by atoms with van der Waals surface area (Å²) in [5, 5.41) is 8.63. The Morgan fingerprint density at radius 3 is 2.21 bits per heavy atom. The second-order valence-electron chi connectivity index (χ2n) is 4.60. The topological polar surface area (TPSA) is 42.2 Å². The fourth-order valence-electron chi connectivity index (χ4n) is 1.04. The molecule has 0 fully saturated rings. The van der Waals surface area contributed by atoms with Crippen molar-refractivity contribution in [3.8, 4) is 6.07 Å². The molecule has 0 N–H and O–H groups in total. The molecule has 4 heteroatoms. The third kappa shape index (κ3) is 8.24. The Kier molecular flexibility index (Phi) is 6.01. The fourth-order valence-corrected chi connectivity index (χ4v) is 2.19. The predicted octanol–water partition coefficient (Wildman–Crippen LogP) is 2.55. The van der Waals surface area contributed by atoms with E-state index in [0.29, 0.717) is 13.0 Å². The molecular formula is C10H21NO2Si. The average molecular weight is 215 g/mol. The van der Waals surface area contributed by atoms with Crippen LogP contribution in [0.25, 0.3) is 0 Å². The molecule has 0 aliphatic carbocycles. The van der Waals surface area contributed by atoms with Gasteiger partial charge in [0.25, 0.3) is 0 Å². The van der Waals surface area contributed by atoms with Gasteiger partial charge in [-0.05, 0) is 33.5 Å². The summed E-state index contributed by atoms with van der Waals surface area (Å²) < 4.78 is 11.3. The van der Waals surface area contributed by atoms with Gasteiger partial charge in [-0.15, -0.1) is 0 Å². The molecule has 0 heterocycles.